The van der Waals surface area contributed by atoms with Gasteiger partial charge in [0.2, 0.25) is 11.9 Å². The number of carbonyl (C=O) groups excluding carboxylic acids is 1. The number of nitrogens with zero attached hydrogens (tertiary/aromatic N) is 3. The van der Waals surface area contributed by atoms with Gasteiger partial charge in [-0.05, 0) is 44.9 Å². The summed E-state index contributed by atoms with van der Waals surface area (Å²) in [4.78, 5) is 23.5. The summed E-state index contributed by atoms with van der Waals surface area (Å²) in [5.74, 6) is 1.48. The van der Waals surface area contributed by atoms with Crippen molar-refractivity contribution in [3.63, 3.8) is 0 Å². The van der Waals surface area contributed by atoms with Gasteiger partial charge in [-0.2, -0.15) is 0 Å². The van der Waals surface area contributed by atoms with Gasteiger partial charge < -0.3 is 15.0 Å². The Morgan fingerprint density at radius 3 is 3.00 bits per heavy atom. The topological polar surface area (TPSA) is 67.4 Å². The number of aryl methyl sites for hydroxylation is 1. The second-order valence-corrected chi connectivity index (χ2v) is 5.74. The summed E-state index contributed by atoms with van der Waals surface area (Å²) in [5, 5.41) is 3.88. The molecule has 1 aromatic carbocycles. The van der Waals surface area contributed by atoms with E-state index in [1.54, 1.807) is 7.11 Å². The lowest BCUT2D eigenvalue weighted by atomic mass is 10.2. The zero-order valence-corrected chi connectivity index (χ0v) is 13.8. The average Bonchev–Trinajstić information content (AvgIpc) is 3.04. The zero-order chi connectivity index (χ0) is 16.4. The lowest BCUT2D eigenvalue weighted by Crippen LogP contribution is -2.44. The molecule has 0 saturated carbocycles. The Morgan fingerprint density at radius 1 is 1.43 bits per heavy atom. The summed E-state index contributed by atoms with van der Waals surface area (Å²) in [6.45, 7) is 5.34. The highest BCUT2D eigenvalue weighted by Gasteiger charge is 2.32. The summed E-state index contributed by atoms with van der Waals surface area (Å²) < 4.78 is 5.26. The average molecular weight is 314 g/mol. The third kappa shape index (κ3) is 2.93. The van der Waals surface area contributed by atoms with E-state index in [1.807, 2.05) is 36.9 Å². The van der Waals surface area contributed by atoms with Crippen LogP contribution in [0, 0.1) is 6.92 Å². The standard InChI is InChI=1S/C17H22N4O2/c1-4-18-16(22)15-6-5-9-21(15)17-19-11(2)13-10-12(23-3)7-8-14(13)20-17/h7-8,10,15H,4-6,9H2,1-3H3,(H,18,22)/t15-/m0/s1. The predicted octanol–water partition coefficient (Wildman–Crippen LogP) is 2.05. The van der Waals surface area contributed by atoms with Gasteiger partial charge in [0.1, 0.15) is 11.8 Å². The summed E-state index contributed by atoms with van der Waals surface area (Å²) in [7, 11) is 1.65. The smallest absolute Gasteiger partial charge is 0.242 e. The number of nitrogens with one attached hydrogen (secondary N) is 1. The quantitative estimate of drug-likeness (QED) is 0.935. The summed E-state index contributed by atoms with van der Waals surface area (Å²) in [5.41, 5.74) is 1.76. The first-order valence-electron chi connectivity index (χ1n) is 8.00. The molecular formula is C17H22N4O2. The highest BCUT2D eigenvalue weighted by atomic mass is 16.5. The molecule has 6 nitrogen and oxygen atoms in total. The number of carbonyl (C=O) groups is 1. The molecule has 0 radical (unpaired) electrons. The van der Waals surface area contributed by atoms with Crippen LogP contribution in [0.5, 0.6) is 5.75 Å². The van der Waals surface area contributed by atoms with Crippen molar-refractivity contribution in [1.29, 1.82) is 0 Å². The molecule has 6 heteroatoms. The predicted molar refractivity (Wildman–Crippen MR) is 89.9 cm³/mol. The molecule has 2 aromatic rings. The van der Waals surface area contributed by atoms with Crippen molar-refractivity contribution in [2.45, 2.75) is 32.7 Å². The summed E-state index contributed by atoms with van der Waals surface area (Å²) >= 11 is 0. The van der Waals surface area contributed by atoms with E-state index in [2.05, 4.69) is 15.3 Å². The first kappa shape index (κ1) is 15.5. The van der Waals surface area contributed by atoms with E-state index in [0.717, 1.165) is 41.7 Å². The molecule has 122 valence electrons. The number of likely N-dealkylation sites (N-methyl/N-ethyl adjacent to an activating group) is 1. The number of rotatable bonds is 4. The molecule has 1 aromatic heterocycles. The van der Waals surface area contributed by atoms with Gasteiger partial charge in [0, 0.05) is 18.5 Å². The molecule has 1 saturated heterocycles. The molecule has 1 aliphatic rings. The number of aromatic nitrogens is 2. The zero-order valence-electron chi connectivity index (χ0n) is 13.8. The third-order valence-electron chi connectivity index (χ3n) is 4.25. The summed E-state index contributed by atoms with van der Waals surface area (Å²) in [6, 6.07) is 5.60. The van der Waals surface area contributed by atoms with Crippen LogP contribution < -0.4 is 15.0 Å². The van der Waals surface area contributed by atoms with E-state index in [-0.39, 0.29) is 11.9 Å². The van der Waals surface area contributed by atoms with Crippen LogP contribution >= 0.6 is 0 Å². The van der Waals surface area contributed by atoms with Gasteiger partial charge in [0.05, 0.1) is 18.3 Å². The largest absolute Gasteiger partial charge is 0.497 e. The van der Waals surface area contributed by atoms with Gasteiger partial charge in [-0.15, -0.1) is 0 Å². The van der Waals surface area contributed by atoms with Crippen LogP contribution in [0.3, 0.4) is 0 Å². The number of amides is 1. The van der Waals surface area contributed by atoms with E-state index >= 15 is 0 Å². The molecule has 2 heterocycles. The number of benzene rings is 1. The van der Waals surface area contributed by atoms with Crippen molar-refractivity contribution in [2.24, 2.45) is 0 Å². The highest BCUT2D eigenvalue weighted by molar-refractivity contribution is 5.87. The molecular weight excluding hydrogens is 292 g/mol. The van der Waals surface area contributed by atoms with E-state index in [9.17, 15) is 4.79 Å². The third-order valence-corrected chi connectivity index (χ3v) is 4.25. The van der Waals surface area contributed by atoms with Crippen molar-refractivity contribution in [2.75, 3.05) is 25.1 Å². The minimum Gasteiger partial charge on any atom is -0.497 e. The Hall–Kier alpha value is -2.37. The van der Waals surface area contributed by atoms with E-state index in [0.29, 0.717) is 12.5 Å². The first-order valence-corrected chi connectivity index (χ1v) is 8.00. The maximum Gasteiger partial charge on any atom is 0.242 e. The lowest BCUT2D eigenvalue weighted by molar-refractivity contribution is -0.122. The van der Waals surface area contributed by atoms with Crippen molar-refractivity contribution in [3.8, 4) is 5.75 Å². The number of ether oxygens (including phenoxy) is 1. The monoisotopic (exact) mass is 314 g/mol. The van der Waals surface area contributed by atoms with Crippen LogP contribution in [0.25, 0.3) is 10.9 Å². The maximum absolute atomic E-state index is 12.2. The van der Waals surface area contributed by atoms with Gasteiger partial charge >= 0.3 is 0 Å². The molecule has 1 atom stereocenters. The fourth-order valence-corrected chi connectivity index (χ4v) is 3.07. The van der Waals surface area contributed by atoms with E-state index in [4.69, 9.17) is 4.74 Å². The molecule has 1 fully saturated rings. The fraction of sp³-hybridized carbons (Fsp3) is 0.471. The minimum absolute atomic E-state index is 0.0566. The van der Waals surface area contributed by atoms with Crippen molar-refractivity contribution in [1.82, 2.24) is 15.3 Å². The second-order valence-electron chi connectivity index (χ2n) is 5.74. The number of anilines is 1. The van der Waals surface area contributed by atoms with Crippen molar-refractivity contribution >= 4 is 22.8 Å². The van der Waals surface area contributed by atoms with Crippen molar-refractivity contribution in [3.05, 3.63) is 23.9 Å². The Balaban J connectivity index is 1.98. The number of hydrogen-bond donors (Lipinski definition) is 1. The number of methoxy groups -OCH3 is 1. The van der Waals surface area contributed by atoms with Gasteiger partial charge in [0.15, 0.2) is 0 Å². The van der Waals surface area contributed by atoms with Crippen LogP contribution in [-0.4, -0.2) is 42.1 Å². The molecule has 0 unspecified atom stereocenters. The van der Waals surface area contributed by atoms with Crippen LogP contribution in [0.15, 0.2) is 18.2 Å². The molecule has 0 spiro atoms. The molecule has 0 bridgehead atoms. The lowest BCUT2D eigenvalue weighted by Gasteiger charge is -2.24. The molecule has 23 heavy (non-hydrogen) atoms. The number of hydrogen-bond acceptors (Lipinski definition) is 5. The maximum atomic E-state index is 12.2. The summed E-state index contributed by atoms with van der Waals surface area (Å²) in [6.07, 6.45) is 1.82. The normalized spacial score (nSPS) is 17.5. The number of fused-ring (bicyclic) bond motifs is 1. The molecule has 1 N–H and O–H groups in total. The Morgan fingerprint density at radius 2 is 2.26 bits per heavy atom. The molecule has 3 rings (SSSR count). The Bertz CT molecular complexity index is 732. The van der Waals surface area contributed by atoms with Crippen LogP contribution in [-0.2, 0) is 4.79 Å². The Kier molecular flexibility index (Phi) is 4.32. The van der Waals surface area contributed by atoms with Gasteiger partial charge in [-0.3, -0.25) is 4.79 Å². The minimum atomic E-state index is -0.176. The van der Waals surface area contributed by atoms with Crippen LogP contribution in [0.4, 0.5) is 5.95 Å². The molecule has 1 amide bonds. The fourth-order valence-electron chi connectivity index (χ4n) is 3.07. The SMILES string of the molecule is CCNC(=O)[C@@H]1CCCN1c1nc(C)c2cc(OC)ccc2n1. The second kappa shape index (κ2) is 6.40. The van der Waals surface area contributed by atoms with Crippen molar-refractivity contribution < 1.29 is 9.53 Å². The van der Waals surface area contributed by atoms with Crippen LogP contribution in [0.1, 0.15) is 25.5 Å². The highest BCUT2D eigenvalue weighted by Crippen LogP contribution is 2.27. The molecule has 1 aliphatic heterocycles. The Labute approximate surface area is 135 Å². The van der Waals surface area contributed by atoms with E-state index in [1.165, 1.54) is 0 Å². The molecule has 0 aliphatic carbocycles. The first-order chi connectivity index (χ1) is 11.1. The van der Waals surface area contributed by atoms with Gasteiger partial charge in [-0.1, -0.05) is 0 Å². The van der Waals surface area contributed by atoms with Gasteiger partial charge in [-0.25, -0.2) is 9.97 Å². The van der Waals surface area contributed by atoms with Crippen LogP contribution in [0.2, 0.25) is 0 Å². The van der Waals surface area contributed by atoms with Gasteiger partial charge in [0.25, 0.3) is 0 Å². The van der Waals surface area contributed by atoms with E-state index < -0.39 is 0 Å².